The van der Waals surface area contributed by atoms with Gasteiger partial charge in [0.2, 0.25) is 0 Å². The number of aliphatic imine (C=N–C) groups is 1. The molecule has 2 rings (SSSR count). The number of nitrogens with one attached hydrogen (secondary N) is 2. The molecule has 1 heterocycles. The van der Waals surface area contributed by atoms with Crippen LogP contribution in [0, 0.1) is 0 Å². The van der Waals surface area contributed by atoms with Gasteiger partial charge >= 0.3 is 0 Å². The van der Waals surface area contributed by atoms with E-state index in [1.807, 2.05) is 31.2 Å². The molecule has 1 aliphatic rings. The van der Waals surface area contributed by atoms with Crippen LogP contribution in [0.1, 0.15) is 19.8 Å². The van der Waals surface area contributed by atoms with Crippen molar-refractivity contribution in [2.75, 3.05) is 40.5 Å². The second-order valence-electron chi connectivity index (χ2n) is 5.92. The topological polar surface area (TPSA) is 64.1 Å². The molecule has 1 aromatic carbocycles. The summed E-state index contributed by atoms with van der Waals surface area (Å²) in [6.07, 6.45) is 4.22. The van der Waals surface area contributed by atoms with Crippen molar-refractivity contribution in [3.63, 3.8) is 0 Å². The largest absolute Gasteiger partial charge is 0.497 e. The van der Waals surface area contributed by atoms with Gasteiger partial charge < -0.3 is 24.8 Å². The van der Waals surface area contributed by atoms with Crippen molar-refractivity contribution >= 4 is 29.9 Å². The van der Waals surface area contributed by atoms with E-state index >= 15 is 0 Å². The molecule has 1 aliphatic heterocycles. The van der Waals surface area contributed by atoms with Gasteiger partial charge in [-0.3, -0.25) is 4.99 Å². The fourth-order valence-electron chi connectivity index (χ4n) is 2.54. The molecular formula is C19H30IN3O3. The standard InChI is InChI=1S/C19H29N3O3.HI/c1-15(25-18-6-4-5-17(13-18)23-3)14-22-19(20-2)21-10-7-16-8-11-24-12-9-16;/h4-6,8,13,15H,7,9-12,14H2,1-3H3,(H2,20,21,22);1H. The van der Waals surface area contributed by atoms with Gasteiger partial charge in [-0.05, 0) is 31.9 Å². The van der Waals surface area contributed by atoms with Crippen molar-refractivity contribution < 1.29 is 14.2 Å². The van der Waals surface area contributed by atoms with Crippen LogP contribution in [0.5, 0.6) is 11.5 Å². The summed E-state index contributed by atoms with van der Waals surface area (Å²) in [7, 11) is 3.42. The third-order valence-electron chi connectivity index (χ3n) is 3.95. The van der Waals surface area contributed by atoms with Crippen LogP contribution in [-0.2, 0) is 4.74 Å². The first kappa shape index (κ1) is 22.6. The lowest BCUT2D eigenvalue weighted by Crippen LogP contribution is -2.42. The van der Waals surface area contributed by atoms with E-state index in [-0.39, 0.29) is 30.1 Å². The number of methoxy groups -OCH3 is 1. The molecule has 0 aliphatic carbocycles. The second kappa shape index (κ2) is 12.8. The number of guanidine groups is 1. The minimum atomic E-state index is 0. The first-order valence-electron chi connectivity index (χ1n) is 8.72. The summed E-state index contributed by atoms with van der Waals surface area (Å²) in [5, 5.41) is 6.63. The van der Waals surface area contributed by atoms with Crippen LogP contribution in [0.4, 0.5) is 0 Å². The van der Waals surface area contributed by atoms with Gasteiger partial charge in [0.05, 0.1) is 26.9 Å². The molecule has 146 valence electrons. The summed E-state index contributed by atoms with van der Waals surface area (Å²) in [5.41, 5.74) is 1.45. The van der Waals surface area contributed by atoms with Gasteiger partial charge in [0.25, 0.3) is 0 Å². The molecule has 1 unspecified atom stereocenters. The molecule has 26 heavy (non-hydrogen) atoms. The summed E-state index contributed by atoms with van der Waals surface area (Å²) in [4.78, 5) is 4.25. The molecule has 0 aromatic heterocycles. The van der Waals surface area contributed by atoms with Crippen LogP contribution in [0.2, 0.25) is 0 Å². The highest BCUT2D eigenvalue weighted by Gasteiger charge is 2.07. The molecule has 0 bridgehead atoms. The lowest BCUT2D eigenvalue weighted by atomic mass is 10.1. The van der Waals surface area contributed by atoms with Crippen molar-refractivity contribution in [1.82, 2.24) is 10.6 Å². The Kier molecular flexibility index (Phi) is 11.1. The zero-order valence-electron chi connectivity index (χ0n) is 15.8. The van der Waals surface area contributed by atoms with Crippen LogP contribution >= 0.6 is 24.0 Å². The Morgan fingerprint density at radius 1 is 1.31 bits per heavy atom. The average molecular weight is 475 g/mol. The van der Waals surface area contributed by atoms with Crippen molar-refractivity contribution in [2.24, 2.45) is 4.99 Å². The van der Waals surface area contributed by atoms with Crippen LogP contribution in [0.15, 0.2) is 40.9 Å². The lowest BCUT2D eigenvalue weighted by molar-refractivity contribution is 0.153. The Morgan fingerprint density at radius 2 is 2.12 bits per heavy atom. The number of hydrogen-bond acceptors (Lipinski definition) is 4. The zero-order valence-corrected chi connectivity index (χ0v) is 18.1. The molecule has 7 heteroatoms. The Bertz CT molecular complexity index is 593. The van der Waals surface area contributed by atoms with E-state index in [9.17, 15) is 0 Å². The highest BCUT2D eigenvalue weighted by molar-refractivity contribution is 14.0. The van der Waals surface area contributed by atoms with Gasteiger partial charge in [-0.15, -0.1) is 24.0 Å². The zero-order chi connectivity index (χ0) is 17.9. The van der Waals surface area contributed by atoms with Gasteiger partial charge in [0.1, 0.15) is 17.6 Å². The van der Waals surface area contributed by atoms with E-state index in [0.717, 1.165) is 50.1 Å². The molecule has 0 fully saturated rings. The lowest BCUT2D eigenvalue weighted by Gasteiger charge is -2.19. The summed E-state index contributed by atoms with van der Waals surface area (Å²) >= 11 is 0. The molecule has 1 aromatic rings. The highest BCUT2D eigenvalue weighted by Crippen LogP contribution is 2.19. The highest BCUT2D eigenvalue weighted by atomic mass is 127. The fourth-order valence-corrected chi connectivity index (χ4v) is 2.54. The number of halogens is 1. The molecule has 0 saturated carbocycles. The normalized spacial score (nSPS) is 15.3. The van der Waals surface area contributed by atoms with E-state index < -0.39 is 0 Å². The van der Waals surface area contributed by atoms with Crippen molar-refractivity contribution in [1.29, 1.82) is 0 Å². The summed E-state index contributed by atoms with van der Waals surface area (Å²) in [6, 6.07) is 7.62. The number of rotatable bonds is 8. The quantitative estimate of drug-likeness (QED) is 0.262. The van der Waals surface area contributed by atoms with E-state index in [0.29, 0.717) is 6.54 Å². The molecular weight excluding hydrogens is 445 g/mol. The van der Waals surface area contributed by atoms with Gasteiger partial charge in [0, 0.05) is 19.7 Å². The van der Waals surface area contributed by atoms with Crippen LogP contribution < -0.4 is 20.1 Å². The van der Waals surface area contributed by atoms with Gasteiger partial charge in [-0.2, -0.15) is 0 Å². The fraction of sp³-hybridized carbons (Fsp3) is 0.526. The average Bonchev–Trinajstić information content (AvgIpc) is 2.65. The molecule has 0 spiro atoms. The smallest absolute Gasteiger partial charge is 0.191 e. The van der Waals surface area contributed by atoms with Crippen LogP contribution in [0.3, 0.4) is 0 Å². The Labute approximate surface area is 173 Å². The van der Waals surface area contributed by atoms with Gasteiger partial charge in [-0.1, -0.05) is 17.7 Å². The third-order valence-corrected chi connectivity index (χ3v) is 3.95. The number of benzene rings is 1. The third kappa shape index (κ3) is 8.27. The molecule has 0 amide bonds. The SMILES string of the molecule is CN=C(NCCC1=CCOCC1)NCC(C)Oc1cccc(OC)c1.I. The van der Waals surface area contributed by atoms with Gasteiger partial charge in [-0.25, -0.2) is 0 Å². The Hall–Kier alpha value is -1.48. The van der Waals surface area contributed by atoms with Gasteiger partial charge in [0.15, 0.2) is 5.96 Å². The monoisotopic (exact) mass is 475 g/mol. The van der Waals surface area contributed by atoms with Crippen molar-refractivity contribution in [2.45, 2.75) is 25.9 Å². The minimum Gasteiger partial charge on any atom is -0.497 e. The van der Waals surface area contributed by atoms with E-state index in [1.54, 1.807) is 14.2 Å². The summed E-state index contributed by atoms with van der Waals surface area (Å²) < 4.78 is 16.4. The number of hydrogen-bond donors (Lipinski definition) is 2. The van der Waals surface area contributed by atoms with Crippen molar-refractivity contribution in [3.05, 3.63) is 35.9 Å². The van der Waals surface area contributed by atoms with Crippen LogP contribution in [0.25, 0.3) is 0 Å². The van der Waals surface area contributed by atoms with E-state index in [2.05, 4.69) is 21.7 Å². The molecule has 0 radical (unpaired) electrons. The predicted octanol–water partition coefficient (Wildman–Crippen LogP) is 2.98. The Balaban J connectivity index is 0.00000338. The second-order valence-corrected chi connectivity index (χ2v) is 5.92. The molecule has 1 atom stereocenters. The summed E-state index contributed by atoms with van der Waals surface area (Å²) in [6.45, 7) is 5.11. The number of ether oxygens (including phenoxy) is 3. The maximum atomic E-state index is 5.90. The summed E-state index contributed by atoms with van der Waals surface area (Å²) in [5.74, 6) is 2.37. The molecule has 0 saturated heterocycles. The Morgan fingerprint density at radius 3 is 2.81 bits per heavy atom. The maximum Gasteiger partial charge on any atom is 0.191 e. The molecule has 2 N–H and O–H groups in total. The first-order valence-corrected chi connectivity index (χ1v) is 8.72. The van der Waals surface area contributed by atoms with E-state index in [1.165, 1.54) is 5.57 Å². The van der Waals surface area contributed by atoms with Crippen LogP contribution in [-0.4, -0.2) is 52.5 Å². The van der Waals surface area contributed by atoms with Crippen molar-refractivity contribution in [3.8, 4) is 11.5 Å². The van der Waals surface area contributed by atoms with E-state index in [4.69, 9.17) is 14.2 Å². The predicted molar refractivity (Wildman–Crippen MR) is 116 cm³/mol. The molecule has 6 nitrogen and oxygen atoms in total. The maximum absolute atomic E-state index is 5.90. The number of nitrogens with zero attached hydrogens (tertiary/aromatic N) is 1. The minimum absolute atomic E-state index is 0. The first-order chi connectivity index (χ1) is 12.2.